The first-order valence-corrected chi connectivity index (χ1v) is 13.3. The molecule has 2 heterocycles. The Morgan fingerprint density at radius 3 is 2.50 bits per heavy atom. The van der Waals surface area contributed by atoms with Crippen molar-refractivity contribution in [1.82, 2.24) is 23.3 Å². The van der Waals surface area contributed by atoms with E-state index in [2.05, 4.69) is 29.1 Å². The molecule has 1 saturated carbocycles. The zero-order valence-electron chi connectivity index (χ0n) is 20.0. The Balaban J connectivity index is 1.52. The average Bonchev–Trinajstić information content (AvgIpc) is 3.18. The van der Waals surface area contributed by atoms with E-state index in [9.17, 15) is 12.8 Å². The smallest absolute Gasteiger partial charge is 0.281 e. The highest BCUT2D eigenvalue weighted by Gasteiger charge is 2.37. The molecule has 1 aliphatic heterocycles. The van der Waals surface area contributed by atoms with Gasteiger partial charge in [-0.3, -0.25) is 4.90 Å². The third-order valence-corrected chi connectivity index (χ3v) is 9.25. The summed E-state index contributed by atoms with van der Waals surface area (Å²) in [6.45, 7) is 4.75. The van der Waals surface area contributed by atoms with E-state index >= 15 is 0 Å². The molecule has 5 rings (SSSR count). The van der Waals surface area contributed by atoms with Crippen molar-refractivity contribution in [3.05, 3.63) is 59.5 Å². The maximum absolute atomic E-state index is 13.4. The van der Waals surface area contributed by atoms with Gasteiger partial charge in [-0.25, -0.2) is 9.07 Å². The molecule has 0 N–H and O–H groups in total. The third kappa shape index (κ3) is 4.26. The number of rotatable bonds is 6. The van der Waals surface area contributed by atoms with E-state index in [1.165, 1.54) is 35.7 Å². The number of hydrogen-bond donors (Lipinski definition) is 0. The van der Waals surface area contributed by atoms with Crippen LogP contribution in [-0.4, -0.2) is 72.0 Å². The fourth-order valence-corrected chi connectivity index (χ4v) is 6.20. The number of fused-ring (bicyclic) bond motifs is 1. The van der Waals surface area contributed by atoms with Crippen molar-refractivity contribution >= 4 is 21.1 Å². The summed E-state index contributed by atoms with van der Waals surface area (Å²) < 4.78 is 44.0. The molecule has 34 heavy (non-hydrogen) atoms. The minimum absolute atomic E-state index is 0.0114. The minimum atomic E-state index is -3.48. The molecule has 0 radical (unpaired) electrons. The Bertz CT molecular complexity index is 1280. The molecule has 3 aromatic rings. The van der Waals surface area contributed by atoms with Crippen LogP contribution >= 0.6 is 0 Å². The molecule has 2 aromatic carbocycles. The zero-order chi connectivity index (χ0) is 24.0. The van der Waals surface area contributed by atoms with Gasteiger partial charge in [0.15, 0.2) is 0 Å². The van der Waals surface area contributed by atoms with Gasteiger partial charge >= 0.3 is 0 Å². The Hall–Kier alpha value is -2.33. The first-order valence-electron chi connectivity index (χ1n) is 11.9. The molecular weight excluding hydrogens is 453 g/mol. The quantitative estimate of drug-likeness (QED) is 0.534. The highest BCUT2D eigenvalue weighted by molar-refractivity contribution is 7.86. The van der Waals surface area contributed by atoms with Crippen LogP contribution in [0.5, 0.6) is 0 Å². The lowest BCUT2D eigenvalue weighted by molar-refractivity contribution is 0.0789. The van der Waals surface area contributed by atoms with Gasteiger partial charge in [-0.2, -0.15) is 22.1 Å². The number of halogens is 1. The molecular formula is C25H32FN5O2S. The van der Waals surface area contributed by atoms with Crippen molar-refractivity contribution in [2.75, 3.05) is 40.3 Å². The SMILES string of the molecule is Cc1cc2c(cnn2-c2ccc(F)cc2)cc1[C@@H]1CN(S(=O)(=O)N(C)C)CCN1CC1CCC1. The molecule has 1 aliphatic carbocycles. The van der Waals surface area contributed by atoms with Gasteiger partial charge in [-0.05, 0) is 73.2 Å². The molecule has 0 unspecified atom stereocenters. The van der Waals surface area contributed by atoms with Crippen LogP contribution in [0.25, 0.3) is 16.6 Å². The highest BCUT2D eigenvalue weighted by Crippen LogP contribution is 2.36. The molecule has 0 amide bonds. The molecule has 2 aliphatic rings. The van der Waals surface area contributed by atoms with Gasteiger partial charge in [0.2, 0.25) is 0 Å². The lowest BCUT2D eigenvalue weighted by atomic mass is 9.84. The third-order valence-electron chi connectivity index (χ3n) is 7.35. The highest BCUT2D eigenvalue weighted by atomic mass is 32.2. The summed E-state index contributed by atoms with van der Waals surface area (Å²) in [5, 5.41) is 5.54. The van der Waals surface area contributed by atoms with Gasteiger partial charge in [0.05, 0.1) is 17.4 Å². The van der Waals surface area contributed by atoms with Gasteiger partial charge in [-0.1, -0.05) is 6.42 Å². The predicted octanol–water partition coefficient (Wildman–Crippen LogP) is 3.74. The van der Waals surface area contributed by atoms with Crippen LogP contribution < -0.4 is 0 Å². The largest absolute Gasteiger partial charge is 0.293 e. The Kier molecular flexibility index (Phi) is 6.22. The van der Waals surface area contributed by atoms with Crippen LogP contribution in [-0.2, 0) is 10.2 Å². The molecule has 0 spiro atoms. The Morgan fingerprint density at radius 1 is 1.12 bits per heavy atom. The molecule has 1 atom stereocenters. The van der Waals surface area contributed by atoms with E-state index in [-0.39, 0.29) is 11.9 Å². The number of benzene rings is 2. The fourth-order valence-electron chi connectivity index (χ4n) is 5.10. The van der Waals surface area contributed by atoms with Gasteiger partial charge in [0.25, 0.3) is 10.2 Å². The van der Waals surface area contributed by atoms with Gasteiger partial charge < -0.3 is 0 Å². The maximum atomic E-state index is 13.4. The lowest BCUT2D eigenvalue weighted by Crippen LogP contribution is -2.54. The van der Waals surface area contributed by atoms with Crippen molar-refractivity contribution < 1.29 is 12.8 Å². The summed E-state index contributed by atoms with van der Waals surface area (Å²) in [5.74, 6) is 0.421. The summed E-state index contributed by atoms with van der Waals surface area (Å²) in [4.78, 5) is 2.48. The van der Waals surface area contributed by atoms with Crippen LogP contribution in [0.15, 0.2) is 42.6 Å². The molecule has 0 bridgehead atoms. The Labute approximate surface area is 200 Å². The fraction of sp³-hybridized carbons (Fsp3) is 0.480. The van der Waals surface area contributed by atoms with E-state index in [1.54, 1.807) is 30.5 Å². The minimum Gasteiger partial charge on any atom is -0.293 e. The normalized spacial score (nSPS) is 20.8. The maximum Gasteiger partial charge on any atom is 0.281 e. The van der Waals surface area contributed by atoms with Crippen molar-refractivity contribution in [2.24, 2.45) is 5.92 Å². The topological polar surface area (TPSA) is 61.7 Å². The lowest BCUT2D eigenvalue weighted by Gasteiger charge is -2.44. The van der Waals surface area contributed by atoms with Crippen LogP contribution in [0.2, 0.25) is 0 Å². The average molecular weight is 486 g/mol. The van der Waals surface area contributed by atoms with Crippen molar-refractivity contribution in [1.29, 1.82) is 0 Å². The van der Waals surface area contributed by atoms with Gasteiger partial charge in [0, 0.05) is 51.7 Å². The van der Waals surface area contributed by atoms with Crippen LogP contribution in [0.4, 0.5) is 4.39 Å². The standard InChI is InChI=1S/C25H32FN5O2S/c1-18-13-24-20(15-27-31(24)22-9-7-21(26)8-10-22)14-23(18)25-17-30(34(32,33)28(2)3)12-11-29(25)16-19-5-4-6-19/h7-10,13-15,19,25H,4-6,11-12,16-17H2,1-3H3/t25-/m0/s1. The van der Waals surface area contributed by atoms with Crippen LogP contribution in [0, 0.1) is 18.7 Å². The van der Waals surface area contributed by atoms with Crippen molar-refractivity contribution in [3.63, 3.8) is 0 Å². The van der Waals surface area contributed by atoms with Crippen molar-refractivity contribution in [3.8, 4) is 5.69 Å². The van der Waals surface area contributed by atoms with E-state index in [0.717, 1.165) is 40.8 Å². The Morgan fingerprint density at radius 2 is 1.85 bits per heavy atom. The predicted molar refractivity (Wildman–Crippen MR) is 132 cm³/mol. The summed E-state index contributed by atoms with van der Waals surface area (Å²) in [7, 11) is -0.303. The van der Waals surface area contributed by atoms with Crippen LogP contribution in [0.1, 0.15) is 36.4 Å². The summed E-state index contributed by atoms with van der Waals surface area (Å²) in [5.41, 5.74) is 4.00. The van der Waals surface area contributed by atoms with Gasteiger partial charge in [0.1, 0.15) is 5.82 Å². The first-order chi connectivity index (χ1) is 16.2. The molecule has 2 fully saturated rings. The number of piperazine rings is 1. The summed E-state index contributed by atoms with van der Waals surface area (Å²) in [6.07, 6.45) is 5.63. The molecule has 9 heteroatoms. The molecule has 1 saturated heterocycles. The number of aromatic nitrogens is 2. The monoisotopic (exact) mass is 485 g/mol. The van der Waals surface area contributed by atoms with Crippen molar-refractivity contribution in [2.45, 2.75) is 32.2 Å². The number of hydrogen-bond acceptors (Lipinski definition) is 4. The zero-order valence-corrected chi connectivity index (χ0v) is 20.8. The number of aryl methyl sites for hydroxylation is 1. The molecule has 1 aromatic heterocycles. The van der Waals surface area contributed by atoms with Crippen LogP contribution in [0.3, 0.4) is 0 Å². The second-order valence-electron chi connectivity index (χ2n) is 9.76. The van der Waals surface area contributed by atoms with Gasteiger partial charge in [-0.15, -0.1) is 0 Å². The second-order valence-corrected chi connectivity index (χ2v) is 11.9. The van der Waals surface area contributed by atoms with E-state index in [1.807, 2.05) is 10.9 Å². The van der Waals surface area contributed by atoms with E-state index in [4.69, 9.17) is 0 Å². The molecule has 182 valence electrons. The molecule has 7 nitrogen and oxygen atoms in total. The summed E-state index contributed by atoms with van der Waals surface area (Å²) in [6, 6.07) is 10.6. The van der Waals surface area contributed by atoms with E-state index in [0.29, 0.717) is 19.0 Å². The summed E-state index contributed by atoms with van der Waals surface area (Å²) >= 11 is 0. The van der Waals surface area contributed by atoms with E-state index < -0.39 is 10.2 Å². The second kappa shape index (κ2) is 9.03. The first kappa shape index (κ1) is 23.4. The number of nitrogens with zero attached hydrogens (tertiary/aromatic N) is 5.